The van der Waals surface area contributed by atoms with Crippen LogP contribution in [0, 0.1) is 13.8 Å². The van der Waals surface area contributed by atoms with Gasteiger partial charge in [-0.05, 0) is 45.8 Å². The van der Waals surface area contributed by atoms with Crippen LogP contribution in [0.5, 0.6) is 0 Å². The Morgan fingerprint density at radius 1 is 1.27 bits per heavy atom. The van der Waals surface area contributed by atoms with E-state index < -0.39 is 0 Å². The van der Waals surface area contributed by atoms with E-state index in [0.717, 1.165) is 34.8 Å². The maximum Gasteiger partial charge on any atom is 0.263 e. The van der Waals surface area contributed by atoms with Crippen LogP contribution in [0.25, 0.3) is 10.2 Å². The summed E-state index contributed by atoms with van der Waals surface area (Å²) >= 11 is 1.55. The fraction of sp³-hybridized carbons (Fsp3) is 0.632. The summed E-state index contributed by atoms with van der Waals surface area (Å²) in [6.45, 7) is 14.4. The second-order valence-electron chi connectivity index (χ2n) is 6.72. The van der Waals surface area contributed by atoms with Crippen molar-refractivity contribution in [2.24, 2.45) is 0 Å². The molecule has 144 valence electrons. The molecule has 1 atom stereocenters. The van der Waals surface area contributed by atoms with E-state index in [4.69, 9.17) is 4.98 Å². The summed E-state index contributed by atoms with van der Waals surface area (Å²) in [5.74, 6) is 0.514. The van der Waals surface area contributed by atoms with Crippen molar-refractivity contribution in [2.75, 3.05) is 13.1 Å². The molecule has 0 aromatic carbocycles. The van der Waals surface area contributed by atoms with Gasteiger partial charge in [0.1, 0.15) is 17.2 Å². The number of fused-ring (bicyclic) bond motifs is 1. The molecule has 0 bridgehead atoms. The first kappa shape index (κ1) is 20.6. The number of aryl methyl sites for hydroxylation is 2. The van der Waals surface area contributed by atoms with Crippen LogP contribution >= 0.6 is 11.3 Å². The van der Waals surface area contributed by atoms with E-state index >= 15 is 0 Å². The highest BCUT2D eigenvalue weighted by molar-refractivity contribution is 7.18. The highest BCUT2D eigenvalue weighted by Gasteiger charge is 2.19. The standard InChI is InChI=1S/C19H30N4O2S/c1-7-12(4)20-16(24)11-23-15(10-22(8-2)9-3)21-18-17(19(23)25)13(5)14(6)26-18/h12H,7-11H2,1-6H3,(H,20,24). The minimum absolute atomic E-state index is 0.0110. The molecular weight excluding hydrogens is 348 g/mol. The molecule has 0 aliphatic carbocycles. The molecule has 2 rings (SSSR count). The van der Waals surface area contributed by atoms with Gasteiger partial charge in [-0.15, -0.1) is 11.3 Å². The molecule has 2 heterocycles. The lowest BCUT2D eigenvalue weighted by atomic mass is 10.2. The van der Waals surface area contributed by atoms with E-state index in [-0.39, 0.29) is 24.1 Å². The first-order valence-corrected chi connectivity index (χ1v) is 10.1. The van der Waals surface area contributed by atoms with Gasteiger partial charge in [0, 0.05) is 10.9 Å². The molecule has 1 unspecified atom stereocenters. The summed E-state index contributed by atoms with van der Waals surface area (Å²) in [7, 11) is 0. The molecule has 2 aromatic rings. The summed E-state index contributed by atoms with van der Waals surface area (Å²) in [5, 5.41) is 3.59. The zero-order chi connectivity index (χ0) is 19.4. The van der Waals surface area contributed by atoms with Gasteiger partial charge >= 0.3 is 0 Å². The molecule has 0 aliphatic heterocycles. The van der Waals surface area contributed by atoms with Gasteiger partial charge in [0.2, 0.25) is 5.91 Å². The van der Waals surface area contributed by atoms with Crippen molar-refractivity contribution in [3.05, 3.63) is 26.6 Å². The second-order valence-corrected chi connectivity index (χ2v) is 7.92. The highest BCUT2D eigenvalue weighted by atomic mass is 32.1. The van der Waals surface area contributed by atoms with Crippen molar-refractivity contribution in [1.82, 2.24) is 19.8 Å². The molecule has 0 aliphatic rings. The van der Waals surface area contributed by atoms with Gasteiger partial charge in [-0.25, -0.2) is 4.98 Å². The largest absolute Gasteiger partial charge is 0.352 e. The third-order valence-electron chi connectivity index (χ3n) is 4.95. The van der Waals surface area contributed by atoms with Crippen LogP contribution in [-0.2, 0) is 17.9 Å². The molecule has 7 heteroatoms. The third kappa shape index (κ3) is 4.32. The zero-order valence-electron chi connectivity index (χ0n) is 16.7. The fourth-order valence-electron chi connectivity index (χ4n) is 2.87. The fourth-order valence-corrected chi connectivity index (χ4v) is 3.91. The quantitative estimate of drug-likeness (QED) is 0.767. The van der Waals surface area contributed by atoms with Crippen LogP contribution in [0.3, 0.4) is 0 Å². The monoisotopic (exact) mass is 378 g/mol. The number of carbonyl (C=O) groups excluding carboxylic acids is 1. The van der Waals surface area contributed by atoms with Crippen LogP contribution in [0.4, 0.5) is 0 Å². The number of rotatable bonds is 8. The zero-order valence-corrected chi connectivity index (χ0v) is 17.5. The molecule has 0 saturated heterocycles. The van der Waals surface area contributed by atoms with Crippen LogP contribution in [0.1, 0.15) is 50.4 Å². The van der Waals surface area contributed by atoms with E-state index in [2.05, 4.69) is 24.1 Å². The Morgan fingerprint density at radius 2 is 1.92 bits per heavy atom. The Bertz CT molecular complexity index is 836. The van der Waals surface area contributed by atoms with Gasteiger partial charge in [0.25, 0.3) is 5.56 Å². The Kier molecular flexibility index (Phi) is 6.94. The van der Waals surface area contributed by atoms with Crippen LogP contribution < -0.4 is 10.9 Å². The molecule has 2 aromatic heterocycles. The number of aromatic nitrogens is 2. The van der Waals surface area contributed by atoms with Gasteiger partial charge in [0.05, 0.1) is 11.9 Å². The lowest BCUT2D eigenvalue weighted by Gasteiger charge is -2.20. The van der Waals surface area contributed by atoms with E-state index in [0.29, 0.717) is 17.8 Å². The predicted octanol–water partition coefficient (Wildman–Crippen LogP) is 2.83. The van der Waals surface area contributed by atoms with Crippen LogP contribution in [0.2, 0.25) is 0 Å². The second kappa shape index (κ2) is 8.77. The molecule has 6 nitrogen and oxygen atoms in total. The Balaban J connectivity index is 2.52. The minimum Gasteiger partial charge on any atom is -0.352 e. The summed E-state index contributed by atoms with van der Waals surface area (Å²) in [6.07, 6.45) is 0.854. The smallest absolute Gasteiger partial charge is 0.263 e. The summed E-state index contributed by atoms with van der Waals surface area (Å²) in [5.41, 5.74) is 0.853. The Hall–Kier alpha value is -1.73. The highest BCUT2D eigenvalue weighted by Crippen LogP contribution is 2.26. The van der Waals surface area contributed by atoms with Crippen LogP contribution in [-0.4, -0.2) is 39.5 Å². The van der Waals surface area contributed by atoms with Crippen molar-refractivity contribution < 1.29 is 4.79 Å². The number of thiophene rings is 1. The minimum atomic E-state index is -0.145. The number of amides is 1. The van der Waals surface area contributed by atoms with Crippen molar-refractivity contribution in [1.29, 1.82) is 0 Å². The van der Waals surface area contributed by atoms with Crippen molar-refractivity contribution in [2.45, 2.75) is 67.1 Å². The summed E-state index contributed by atoms with van der Waals surface area (Å²) in [6, 6.07) is 0.0891. The summed E-state index contributed by atoms with van der Waals surface area (Å²) in [4.78, 5) is 34.4. The number of carbonyl (C=O) groups is 1. The molecule has 26 heavy (non-hydrogen) atoms. The first-order chi connectivity index (χ1) is 12.3. The average molecular weight is 379 g/mol. The van der Waals surface area contributed by atoms with Gasteiger partial charge < -0.3 is 5.32 Å². The molecule has 1 amide bonds. The third-order valence-corrected chi connectivity index (χ3v) is 6.05. The van der Waals surface area contributed by atoms with Gasteiger partial charge in [-0.3, -0.25) is 19.1 Å². The Labute approximate surface area is 159 Å². The number of hydrogen-bond donors (Lipinski definition) is 1. The van der Waals surface area contributed by atoms with Gasteiger partial charge in [0.15, 0.2) is 0 Å². The molecule has 1 N–H and O–H groups in total. The van der Waals surface area contributed by atoms with E-state index in [1.165, 1.54) is 0 Å². The van der Waals surface area contributed by atoms with E-state index in [9.17, 15) is 9.59 Å². The average Bonchev–Trinajstić information content (AvgIpc) is 2.89. The number of hydrogen-bond acceptors (Lipinski definition) is 5. The SMILES string of the molecule is CCC(C)NC(=O)Cn1c(CN(CC)CC)nc2sc(C)c(C)c2c1=O. The normalized spacial score (nSPS) is 12.7. The summed E-state index contributed by atoms with van der Waals surface area (Å²) < 4.78 is 1.55. The van der Waals surface area contributed by atoms with Gasteiger partial charge in [-0.1, -0.05) is 20.8 Å². The lowest BCUT2D eigenvalue weighted by molar-refractivity contribution is -0.122. The van der Waals surface area contributed by atoms with E-state index in [1.54, 1.807) is 15.9 Å². The van der Waals surface area contributed by atoms with Crippen molar-refractivity contribution in [3.8, 4) is 0 Å². The predicted molar refractivity (Wildman–Crippen MR) is 108 cm³/mol. The maximum atomic E-state index is 13.2. The van der Waals surface area contributed by atoms with E-state index in [1.807, 2.05) is 27.7 Å². The van der Waals surface area contributed by atoms with Gasteiger partial charge in [-0.2, -0.15) is 0 Å². The first-order valence-electron chi connectivity index (χ1n) is 9.33. The molecular formula is C19H30N4O2S. The molecule has 0 radical (unpaired) electrons. The topological polar surface area (TPSA) is 67.2 Å². The number of nitrogens with zero attached hydrogens (tertiary/aromatic N) is 3. The molecule has 0 spiro atoms. The lowest BCUT2D eigenvalue weighted by Crippen LogP contribution is -2.39. The van der Waals surface area contributed by atoms with Crippen molar-refractivity contribution in [3.63, 3.8) is 0 Å². The maximum absolute atomic E-state index is 13.2. The molecule has 0 fully saturated rings. The number of nitrogens with one attached hydrogen (secondary N) is 1. The molecule has 0 saturated carbocycles. The van der Waals surface area contributed by atoms with Crippen LogP contribution in [0.15, 0.2) is 4.79 Å². The van der Waals surface area contributed by atoms with Crippen molar-refractivity contribution >= 4 is 27.5 Å². The Morgan fingerprint density at radius 3 is 2.50 bits per heavy atom.